The Morgan fingerprint density at radius 2 is 1.57 bits per heavy atom. The van der Waals surface area contributed by atoms with Crippen LogP contribution in [0.3, 0.4) is 0 Å². The summed E-state index contributed by atoms with van der Waals surface area (Å²) in [5.41, 5.74) is 7.73. The molecule has 0 N–H and O–H groups in total. The minimum Gasteiger partial charge on any atom is -0.418 e. The first-order chi connectivity index (χ1) is 9.27. The lowest BCUT2D eigenvalue weighted by molar-refractivity contribution is -0.115. The molecule has 0 saturated heterocycles. The largest absolute Gasteiger partial charge is 0.673 e. The van der Waals surface area contributed by atoms with E-state index in [1.165, 1.54) is 13.8 Å². The molecule has 0 bridgehead atoms. The summed E-state index contributed by atoms with van der Waals surface area (Å²) in [6.07, 6.45) is -1.28. The number of rotatable bonds is 0. The molecule has 0 spiro atoms. The molecule has 11 heteroatoms. The first-order valence-electron chi connectivity index (χ1n) is 5.28. The third-order valence-electron chi connectivity index (χ3n) is 1.44. The molecule has 0 aromatic heterocycles. The highest BCUT2D eigenvalue weighted by molar-refractivity contribution is 6.50. The van der Waals surface area contributed by atoms with Crippen molar-refractivity contribution in [3.8, 4) is 0 Å². The normalized spacial score (nSPS) is 14.0. The summed E-state index contributed by atoms with van der Waals surface area (Å²) in [7, 11) is -6.00. The highest BCUT2D eigenvalue weighted by Gasteiger charge is 2.33. The first kappa shape index (κ1) is 21.4. The number of halogens is 7. The third-order valence-corrected chi connectivity index (χ3v) is 1.44. The van der Waals surface area contributed by atoms with Gasteiger partial charge in [0.05, 0.1) is 12.0 Å². The Kier molecular flexibility index (Phi) is 9.29. The number of hydrogen-bond donors (Lipinski definition) is 0. The Bertz CT molecular complexity index is 449. The van der Waals surface area contributed by atoms with Crippen LogP contribution in [0.1, 0.15) is 20.3 Å². The summed E-state index contributed by atoms with van der Waals surface area (Å²) < 4.78 is 74.9. The van der Waals surface area contributed by atoms with E-state index in [4.69, 9.17) is 5.53 Å². The number of hydrogen-bond acceptors (Lipinski definition) is 1. The molecule has 21 heavy (non-hydrogen) atoms. The van der Waals surface area contributed by atoms with Crippen molar-refractivity contribution >= 4 is 18.7 Å². The molecule has 0 aliphatic heterocycles. The summed E-state index contributed by atoms with van der Waals surface area (Å²) >= 11 is 0. The Labute approximate surface area is 115 Å². The molecule has 0 fully saturated rings. The highest BCUT2D eigenvalue weighted by Crippen LogP contribution is 2.28. The lowest BCUT2D eigenvalue weighted by Gasteiger charge is -2.08. The summed E-state index contributed by atoms with van der Waals surface area (Å²) in [5.74, 6) is 0.167. The number of Topliss-reactive ketones (excluding diaryl/α,β-unsaturated/α-hetero) is 1. The molecular weight excluding hydrogens is 308 g/mol. The van der Waals surface area contributed by atoms with Crippen molar-refractivity contribution in [1.82, 2.24) is 0 Å². The second kappa shape index (κ2) is 9.12. The fourth-order valence-corrected chi connectivity index (χ4v) is 0.821. The van der Waals surface area contributed by atoms with Gasteiger partial charge in [-0.05, 0) is 19.9 Å². The molecular formula is C10H11BF7N2O-. The molecule has 0 aromatic rings. The maximum absolute atomic E-state index is 12.0. The van der Waals surface area contributed by atoms with Gasteiger partial charge >= 0.3 is 13.4 Å². The molecule has 1 aliphatic carbocycles. The second-order valence-corrected chi connectivity index (χ2v) is 3.69. The van der Waals surface area contributed by atoms with Crippen LogP contribution in [0.4, 0.5) is 30.4 Å². The molecule has 0 unspecified atom stereocenters. The standard InChI is InChI=1S/C7H5F3N2.C3H6O.BF4/c8-7(9,10)5-1-3-6(12-11)4-2-5;1-3(2)4;2-1(3,4)5/h1-3H,4H2;1-2H3;/q;;-1. The fourth-order valence-electron chi connectivity index (χ4n) is 0.821. The Balaban J connectivity index is 0. The van der Waals surface area contributed by atoms with Crippen LogP contribution in [0.25, 0.3) is 5.53 Å². The smallest absolute Gasteiger partial charge is 0.418 e. The van der Waals surface area contributed by atoms with Gasteiger partial charge in [0, 0.05) is 6.08 Å². The van der Waals surface area contributed by atoms with Gasteiger partial charge in [0.1, 0.15) is 5.78 Å². The van der Waals surface area contributed by atoms with Crippen LogP contribution in [0.2, 0.25) is 0 Å². The van der Waals surface area contributed by atoms with Crippen molar-refractivity contribution in [2.75, 3.05) is 0 Å². The average Bonchev–Trinajstić information content (AvgIpc) is 2.25. The van der Waals surface area contributed by atoms with Gasteiger partial charge in [-0.3, -0.25) is 0 Å². The van der Waals surface area contributed by atoms with Crippen molar-refractivity contribution in [2.24, 2.45) is 0 Å². The fraction of sp³-hybridized carbons (Fsp3) is 0.400. The molecule has 120 valence electrons. The molecule has 0 saturated carbocycles. The lowest BCUT2D eigenvalue weighted by atomic mass is 10.1. The number of allylic oxidation sites excluding steroid dienone is 4. The molecule has 0 heterocycles. The van der Waals surface area contributed by atoms with Crippen LogP contribution in [-0.2, 0) is 4.79 Å². The van der Waals surface area contributed by atoms with E-state index in [1.54, 1.807) is 0 Å². The minimum absolute atomic E-state index is 0.0157. The van der Waals surface area contributed by atoms with Gasteiger partial charge < -0.3 is 27.6 Å². The van der Waals surface area contributed by atoms with E-state index < -0.39 is 19.0 Å². The summed E-state index contributed by atoms with van der Waals surface area (Å²) in [4.78, 5) is 12.2. The van der Waals surface area contributed by atoms with E-state index in [1.807, 2.05) is 0 Å². The first-order valence-corrected chi connectivity index (χ1v) is 5.28. The van der Waals surface area contributed by atoms with Crippen LogP contribution in [-0.4, -0.2) is 29.7 Å². The van der Waals surface area contributed by atoms with Crippen LogP contribution < -0.4 is 0 Å². The number of carbonyl (C=O) groups is 1. The average molecular weight is 319 g/mol. The number of ketones is 1. The zero-order chi connectivity index (χ0) is 17.3. The van der Waals surface area contributed by atoms with E-state index in [2.05, 4.69) is 4.79 Å². The van der Waals surface area contributed by atoms with Crippen molar-refractivity contribution in [3.63, 3.8) is 0 Å². The van der Waals surface area contributed by atoms with Crippen LogP contribution in [0.15, 0.2) is 23.8 Å². The molecule has 3 nitrogen and oxygen atoms in total. The molecule has 0 aromatic carbocycles. The van der Waals surface area contributed by atoms with Gasteiger partial charge in [-0.25, -0.2) is 0 Å². The van der Waals surface area contributed by atoms with E-state index in [0.29, 0.717) is 0 Å². The van der Waals surface area contributed by atoms with E-state index in [0.717, 1.165) is 18.2 Å². The SMILES string of the molecule is CC(C)=O.F[B-](F)(F)F.[N-]=[N+]=C1C=CC(C(F)(F)F)=CC1. The van der Waals surface area contributed by atoms with Gasteiger partial charge in [-0.15, -0.1) is 0 Å². The Morgan fingerprint density at radius 1 is 1.19 bits per heavy atom. The second-order valence-electron chi connectivity index (χ2n) is 3.69. The van der Waals surface area contributed by atoms with Gasteiger partial charge in [0.2, 0.25) is 0 Å². The molecule has 0 atom stereocenters. The van der Waals surface area contributed by atoms with Gasteiger partial charge in [-0.2, -0.15) is 18.0 Å². The lowest BCUT2D eigenvalue weighted by Crippen LogP contribution is -2.13. The van der Waals surface area contributed by atoms with Crippen molar-refractivity contribution < 1.29 is 40.0 Å². The third kappa shape index (κ3) is 18.1. The predicted octanol–water partition coefficient (Wildman–Crippen LogP) is 4.00. The summed E-state index contributed by atoms with van der Waals surface area (Å²) in [6, 6.07) is 0. The summed E-state index contributed by atoms with van der Waals surface area (Å²) in [6.45, 7) is 3.06. The van der Waals surface area contributed by atoms with E-state index in [9.17, 15) is 35.2 Å². The minimum atomic E-state index is -6.00. The van der Waals surface area contributed by atoms with Crippen molar-refractivity contribution in [3.05, 3.63) is 29.3 Å². The van der Waals surface area contributed by atoms with E-state index >= 15 is 0 Å². The molecule has 1 rings (SSSR count). The number of carbonyl (C=O) groups excluding carboxylic acids is 1. The topological polar surface area (TPSA) is 53.5 Å². The number of alkyl halides is 3. The van der Waals surface area contributed by atoms with Gasteiger partial charge in [-0.1, -0.05) is 6.08 Å². The maximum Gasteiger partial charge on any atom is 0.673 e. The van der Waals surface area contributed by atoms with Gasteiger partial charge in [0.25, 0.3) is 5.71 Å². The van der Waals surface area contributed by atoms with Crippen LogP contribution in [0.5, 0.6) is 0 Å². The molecule has 0 radical (unpaired) electrons. The quantitative estimate of drug-likeness (QED) is 0.288. The van der Waals surface area contributed by atoms with Crippen molar-refractivity contribution in [2.45, 2.75) is 26.4 Å². The Hall–Kier alpha value is -1.90. The zero-order valence-electron chi connectivity index (χ0n) is 11.0. The predicted molar refractivity (Wildman–Crippen MR) is 63.1 cm³/mol. The zero-order valence-corrected chi connectivity index (χ0v) is 11.0. The molecule has 1 aliphatic rings. The van der Waals surface area contributed by atoms with Crippen molar-refractivity contribution in [1.29, 1.82) is 0 Å². The monoisotopic (exact) mass is 319 g/mol. The highest BCUT2D eigenvalue weighted by atomic mass is 19.5. The maximum atomic E-state index is 12.0. The Morgan fingerprint density at radius 3 is 1.76 bits per heavy atom. The van der Waals surface area contributed by atoms with Crippen LogP contribution >= 0.6 is 0 Å². The van der Waals surface area contributed by atoms with Gasteiger partial charge in [0.15, 0.2) is 0 Å². The number of nitrogens with zero attached hydrogens (tertiary/aromatic N) is 2. The molecule has 0 amide bonds. The van der Waals surface area contributed by atoms with E-state index in [-0.39, 0.29) is 17.9 Å². The summed E-state index contributed by atoms with van der Waals surface area (Å²) in [5, 5.41) is 0. The van der Waals surface area contributed by atoms with Crippen LogP contribution in [0, 0.1) is 0 Å².